The predicted molar refractivity (Wildman–Crippen MR) is 116 cm³/mol. The van der Waals surface area contributed by atoms with Crippen molar-refractivity contribution < 1.29 is 14.3 Å². The Morgan fingerprint density at radius 1 is 1.13 bits per heavy atom. The van der Waals surface area contributed by atoms with E-state index >= 15 is 0 Å². The number of aryl methyl sites for hydroxylation is 1. The molecule has 1 fully saturated rings. The Hall–Kier alpha value is -2.87. The number of amides is 1. The molecule has 2 aliphatic rings. The van der Waals surface area contributed by atoms with E-state index in [1.807, 2.05) is 12.1 Å². The first-order valence-corrected chi connectivity index (χ1v) is 10.8. The van der Waals surface area contributed by atoms with Gasteiger partial charge in [-0.3, -0.25) is 14.2 Å². The maximum atomic E-state index is 12.6. The average Bonchev–Trinajstić information content (AvgIpc) is 3.33. The van der Waals surface area contributed by atoms with E-state index in [4.69, 9.17) is 9.47 Å². The lowest BCUT2D eigenvalue weighted by Crippen LogP contribution is -2.34. The van der Waals surface area contributed by atoms with E-state index in [2.05, 4.69) is 26.2 Å². The van der Waals surface area contributed by atoms with Crippen molar-refractivity contribution in [1.29, 1.82) is 0 Å². The van der Waals surface area contributed by atoms with Crippen LogP contribution in [0.3, 0.4) is 0 Å². The number of benzene rings is 2. The summed E-state index contributed by atoms with van der Waals surface area (Å²) < 4.78 is 14.3. The summed E-state index contributed by atoms with van der Waals surface area (Å²) in [5.41, 5.74) is 1.11. The molecule has 30 heavy (non-hydrogen) atoms. The Balaban J connectivity index is 1.25. The van der Waals surface area contributed by atoms with Gasteiger partial charge in [0, 0.05) is 42.0 Å². The molecule has 1 N–H and O–H groups in total. The van der Waals surface area contributed by atoms with Crippen molar-refractivity contribution >= 4 is 38.4 Å². The van der Waals surface area contributed by atoms with Crippen LogP contribution in [0.2, 0.25) is 0 Å². The van der Waals surface area contributed by atoms with Gasteiger partial charge in [-0.25, -0.2) is 4.98 Å². The average molecular weight is 470 g/mol. The lowest BCUT2D eigenvalue weighted by atomic mass is 10.2. The summed E-state index contributed by atoms with van der Waals surface area (Å²) in [6, 6.07) is 10.8. The Kier molecular flexibility index (Phi) is 4.73. The van der Waals surface area contributed by atoms with Crippen LogP contribution in [0.15, 0.2) is 52.0 Å². The number of carbonyl (C=O) groups is 1. The van der Waals surface area contributed by atoms with Gasteiger partial charge < -0.3 is 14.8 Å². The summed E-state index contributed by atoms with van der Waals surface area (Å²) in [4.78, 5) is 29.4. The molecule has 0 bridgehead atoms. The highest BCUT2D eigenvalue weighted by atomic mass is 79.9. The second-order valence-corrected chi connectivity index (χ2v) is 8.60. The number of nitrogens with zero attached hydrogens (tertiary/aromatic N) is 2. The number of carbonyl (C=O) groups excluding carboxylic acids is 1. The van der Waals surface area contributed by atoms with E-state index in [1.54, 1.807) is 24.3 Å². The highest BCUT2D eigenvalue weighted by Gasteiger charge is 2.44. The lowest BCUT2D eigenvalue weighted by Gasteiger charge is -2.21. The highest BCUT2D eigenvalue weighted by Crippen LogP contribution is 2.47. The summed E-state index contributed by atoms with van der Waals surface area (Å²) in [6.45, 7) is 0.244. The second-order valence-electron chi connectivity index (χ2n) is 7.69. The van der Waals surface area contributed by atoms with E-state index in [0.717, 1.165) is 35.9 Å². The molecule has 7 nitrogen and oxygen atoms in total. The number of hydrogen-bond acceptors (Lipinski definition) is 5. The SMILES string of the molecule is O=C(CCn1cnc2ccc(Br)cc2c1=O)Nc1ccc2c(c1)OC1(CCCC1)O2. The van der Waals surface area contributed by atoms with Gasteiger partial charge in [-0.2, -0.15) is 0 Å². The zero-order chi connectivity index (χ0) is 20.7. The molecule has 2 heterocycles. The normalized spacial score (nSPS) is 16.3. The fraction of sp³-hybridized carbons (Fsp3) is 0.318. The molecule has 1 aliphatic heterocycles. The molecule has 0 saturated heterocycles. The summed E-state index contributed by atoms with van der Waals surface area (Å²) in [7, 11) is 0. The Morgan fingerprint density at radius 3 is 2.77 bits per heavy atom. The quantitative estimate of drug-likeness (QED) is 0.617. The summed E-state index contributed by atoms with van der Waals surface area (Å²) in [6.07, 6.45) is 5.59. The molecule has 3 aromatic rings. The topological polar surface area (TPSA) is 82.5 Å². The summed E-state index contributed by atoms with van der Waals surface area (Å²) in [5.74, 6) is 0.667. The van der Waals surface area contributed by atoms with Crippen molar-refractivity contribution in [1.82, 2.24) is 9.55 Å². The van der Waals surface area contributed by atoms with Crippen molar-refractivity contribution in [2.45, 2.75) is 44.4 Å². The van der Waals surface area contributed by atoms with Crippen LogP contribution in [0.5, 0.6) is 11.5 Å². The van der Waals surface area contributed by atoms with Crippen LogP contribution in [0.25, 0.3) is 10.9 Å². The first-order chi connectivity index (χ1) is 14.5. The van der Waals surface area contributed by atoms with Crippen LogP contribution in [0.4, 0.5) is 5.69 Å². The van der Waals surface area contributed by atoms with Gasteiger partial charge in [0.1, 0.15) is 0 Å². The molecule has 8 heteroatoms. The van der Waals surface area contributed by atoms with Crippen LogP contribution in [0, 0.1) is 0 Å². The molecule has 2 aromatic carbocycles. The summed E-state index contributed by atoms with van der Waals surface area (Å²) >= 11 is 3.37. The van der Waals surface area contributed by atoms with E-state index in [1.165, 1.54) is 10.9 Å². The number of aromatic nitrogens is 2. The van der Waals surface area contributed by atoms with Gasteiger partial charge in [0.25, 0.3) is 11.3 Å². The molecule has 154 valence electrons. The summed E-state index contributed by atoms with van der Waals surface area (Å²) in [5, 5.41) is 3.39. The molecule has 1 aliphatic carbocycles. The van der Waals surface area contributed by atoms with Crippen molar-refractivity contribution in [2.75, 3.05) is 5.32 Å². The van der Waals surface area contributed by atoms with Crippen LogP contribution < -0.4 is 20.3 Å². The van der Waals surface area contributed by atoms with Crippen molar-refractivity contribution in [3.05, 3.63) is 57.6 Å². The first kappa shape index (κ1) is 19.1. The Bertz CT molecular complexity index is 1200. The van der Waals surface area contributed by atoms with E-state index in [9.17, 15) is 9.59 Å². The standard InChI is InChI=1S/C22H20BrN3O4/c23-14-3-5-17-16(11-14)21(28)26(13-24-17)10-7-20(27)25-15-4-6-18-19(12-15)30-22(29-18)8-1-2-9-22/h3-6,11-13H,1-2,7-10H2,(H,25,27). The van der Waals surface area contributed by atoms with Crippen molar-refractivity contribution in [2.24, 2.45) is 0 Å². The van der Waals surface area contributed by atoms with E-state index < -0.39 is 5.79 Å². The van der Waals surface area contributed by atoms with E-state index in [0.29, 0.717) is 22.3 Å². The van der Waals surface area contributed by atoms with Crippen LogP contribution in [0.1, 0.15) is 32.1 Å². The minimum absolute atomic E-state index is 0.152. The molecule has 0 atom stereocenters. The third-order valence-corrected chi connectivity index (χ3v) is 6.04. The third kappa shape index (κ3) is 3.56. The fourth-order valence-corrected chi connectivity index (χ4v) is 4.39. The maximum Gasteiger partial charge on any atom is 0.261 e. The molecule has 1 saturated carbocycles. The van der Waals surface area contributed by atoms with Crippen molar-refractivity contribution in [3.8, 4) is 11.5 Å². The number of halogens is 1. The fourth-order valence-electron chi connectivity index (χ4n) is 4.03. The van der Waals surface area contributed by atoms with E-state index in [-0.39, 0.29) is 24.4 Å². The number of nitrogens with one attached hydrogen (secondary N) is 1. The zero-order valence-corrected chi connectivity index (χ0v) is 17.8. The third-order valence-electron chi connectivity index (χ3n) is 5.55. The monoisotopic (exact) mass is 469 g/mol. The van der Waals surface area contributed by atoms with Gasteiger partial charge in [-0.1, -0.05) is 15.9 Å². The number of ether oxygens (including phenoxy) is 2. The zero-order valence-electron chi connectivity index (χ0n) is 16.2. The van der Waals surface area contributed by atoms with Gasteiger partial charge in [0.2, 0.25) is 5.91 Å². The van der Waals surface area contributed by atoms with Gasteiger partial charge >= 0.3 is 0 Å². The van der Waals surface area contributed by atoms with Crippen LogP contribution in [-0.4, -0.2) is 21.2 Å². The predicted octanol–water partition coefficient (Wildman–Crippen LogP) is 4.23. The molecular formula is C22H20BrN3O4. The second kappa shape index (κ2) is 7.43. The smallest absolute Gasteiger partial charge is 0.261 e. The van der Waals surface area contributed by atoms with Gasteiger partial charge in [-0.15, -0.1) is 0 Å². The number of hydrogen-bond donors (Lipinski definition) is 1. The molecule has 0 radical (unpaired) electrons. The lowest BCUT2D eigenvalue weighted by molar-refractivity contribution is -0.116. The molecule has 1 amide bonds. The molecule has 1 aromatic heterocycles. The minimum atomic E-state index is -0.524. The minimum Gasteiger partial charge on any atom is -0.448 e. The van der Waals surface area contributed by atoms with Gasteiger partial charge in [-0.05, 0) is 43.2 Å². The molecule has 0 unspecified atom stereocenters. The van der Waals surface area contributed by atoms with Gasteiger partial charge in [0.05, 0.1) is 17.2 Å². The number of rotatable bonds is 4. The number of fused-ring (bicyclic) bond motifs is 2. The van der Waals surface area contributed by atoms with Crippen LogP contribution >= 0.6 is 15.9 Å². The maximum absolute atomic E-state index is 12.6. The Labute approximate surface area is 181 Å². The first-order valence-electron chi connectivity index (χ1n) is 9.98. The van der Waals surface area contributed by atoms with Crippen molar-refractivity contribution in [3.63, 3.8) is 0 Å². The van der Waals surface area contributed by atoms with Crippen LogP contribution in [-0.2, 0) is 11.3 Å². The highest BCUT2D eigenvalue weighted by molar-refractivity contribution is 9.10. The molecule has 1 spiro atoms. The van der Waals surface area contributed by atoms with Gasteiger partial charge in [0.15, 0.2) is 11.5 Å². The number of anilines is 1. The largest absolute Gasteiger partial charge is 0.448 e. The Morgan fingerprint density at radius 2 is 1.93 bits per heavy atom. The molecular weight excluding hydrogens is 450 g/mol. The molecule has 5 rings (SSSR count).